The van der Waals surface area contributed by atoms with Gasteiger partial charge in [-0.2, -0.15) is 0 Å². The molecule has 2 heterocycles. The number of thioether (sulfide) groups is 1. The molecule has 3 rings (SSSR count). The highest BCUT2D eigenvalue weighted by Gasteiger charge is 2.37. The third-order valence-electron chi connectivity index (χ3n) is 3.98. The number of rotatable bonds is 2. The van der Waals surface area contributed by atoms with E-state index in [1.807, 2.05) is 0 Å². The van der Waals surface area contributed by atoms with Gasteiger partial charge in [0.2, 0.25) is 0 Å². The molecule has 3 aliphatic rings. The monoisotopic (exact) mass is 299 g/mol. The maximum Gasteiger partial charge on any atom is 0.130 e. The van der Waals surface area contributed by atoms with Gasteiger partial charge < -0.3 is 9.83 Å². The van der Waals surface area contributed by atoms with Crippen molar-refractivity contribution in [2.24, 2.45) is 0 Å². The van der Waals surface area contributed by atoms with Crippen LogP contribution in [0.2, 0.25) is 0 Å². The van der Waals surface area contributed by atoms with Crippen LogP contribution in [0.15, 0.2) is 22.1 Å². The quantitative estimate of drug-likeness (QED) is 0.584. The molecule has 0 spiro atoms. The first-order valence-corrected chi connectivity index (χ1v) is 8.54. The van der Waals surface area contributed by atoms with Gasteiger partial charge in [-0.3, -0.25) is 10.6 Å². The smallest absolute Gasteiger partial charge is 0.130 e. The predicted molar refractivity (Wildman–Crippen MR) is 82.3 cm³/mol. The summed E-state index contributed by atoms with van der Waals surface area (Å²) in [6, 6.07) is 0.917. The lowest BCUT2D eigenvalue weighted by molar-refractivity contribution is 0.0542. The molecule has 2 fully saturated rings. The number of aliphatic hydroxyl groups excluding tert-OH is 1. The zero-order valence-corrected chi connectivity index (χ0v) is 12.7. The standard InChI is InChI=1S/C13H21N3OS2/c1-7-11(8(2)19-16-7)18-13-12(17)14-9-5-3-4-6-10(9)15-13/h9-10,12-17H,1,3-6H2,2H3. The first-order valence-electron chi connectivity index (χ1n) is 6.85. The van der Waals surface area contributed by atoms with E-state index in [4.69, 9.17) is 0 Å². The Morgan fingerprint density at radius 1 is 1.26 bits per heavy atom. The van der Waals surface area contributed by atoms with Crippen LogP contribution in [0, 0.1) is 0 Å². The number of fused-ring (bicyclic) bond motifs is 1. The summed E-state index contributed by atoms with van der Waals surface area (Å²) in [5, 5.41) is 17.2. The molecule has 4 N–H and O–H groups in total. The normalized spacial score (nSPS) is 39.2. The maximum absolute atomic E-state index is 10.3. The fraction of sp³-hybridized carbons (Fsp3) is 0.692. The average molecular weight is 299 g/mol. The second kappa shape index (κ2) is 5.69. The Labute approximate surface area is 123 Å². The van der Waals surface area contributed by atoms with Crippen LogP contribution >= 0.6 is 23.7 Å². The molecule has 0 aromatic heterocycles. The fourth-order valence-corrected chi connectivity index (χ4v) is 4.95. The van der Waals surface area contributed by atoms with E-state index in [1.54, 1.807) is 23.7 Å². The summed E-state index contributed by atoms with van der Waals surface area (Å²) < 4.78 is 3.18. The van der Waals surface area contributed by atoms with Crippen LogP contribution in [-0.2, 0) is 0 Å². The molecular formula is C13H21N3OS2. The van der Waals surface area contributed by atoms with Crippen molar-refractivity contribution in [1.29, 1.82) is 0 Å². The van der Waals surface area contributed by atoms with Gasteiger partial charge >= 0.3 is 0 Å². The Bertz CT molecular complexity index is 413. The number of piperazine rings is 1. The van der Waals surface area contributed by atoms with Crippen LogP contribution in [0.1, 0.15) is 32.6 Å². The largest absolute Gasteiger partial charge is 0.376 e. The topological polar surface area (TPSA) is 56.3 Å². The molecule has 19 heavy (non-hydrogen) atoms. The zero-order valence-electron chi connectivity index (χ0n) is 11.1. The van der Waals surface area contributed by atoms with E-state index in [9.17, 15) is 5.11 Å². The molecular weight excluding hydrogens is 278 g/mol. The van der Waals surface area contributed by atoms with E-state index in [-0.39, 0.29) is 5.37 Å². The Morgan fingerprint density at radius 2 is 1.95 bits per heavy atom. The van der Waals surface area contributed by atoms with Crippen molar-refractivity contribution in [1.82, 2.24) is 15.4 Å². The molecule has 0 bridgehead atoms. The summed E-state index contributed by atoms with van der Waals surface area (Å²) in [4.78, 5) is 2.40. The molecule has 0 aromatic carbocycles. The predicted octanol–water partition coefficient (Wildman–Crippen LogP) is 1.86. The molecule has 6 heteroatoms. The van der Waals surface area contributed by atoms with Crippen molar-refractivity contribution < 1.29 is 5.11 Å². The van der Waals surface area contributed by atoms with E-state index in [2.05, 4.69) is 28.9 Å². The highest BCUT2D eigenvalue weighted by Crippen LogP contribution is 2.40. The molecule has 4 unspecified atom stereocenters. The highest BCUT2D eigenvalue weighted by atomic mass is 32.2. The number of hydrogen-bond donors (Lipinski definition) is 4. The van der Waals surface area contributed by atoms with Gasteiger partial charge in [-0.1, -0.05) is 31.2 Å². The van der Waals surface area contributed by atoms with Crippen LogP contribution in [0.3, 0.4) is 0 Å². The van der Waals surface area contributed by atoms with Crippen LogP contribution in [-0.4, -0.2) is 28.8 Å². The summed E-state index contributed by atoms with van der Waals surface area (Å²) in [7, 11) is 0. The summed E-state index contributed by atoms with van der Waals surface area (Å²) in [6.45, 7) is 6.11. The minimum absolute atomic E-state index is 0.00144. The van der Waals surface area contributed by atoms with Gasteiger partial charge in [0.1, 0.15) is 6.23 Å². The molecule has 106 valence electrons. The lowest BCUT2D eigenvalue weighted by atomic mass is 9.89. The third-order valence-corrected chi connectivity index (χ3v) is 6.41. The second-order valence-electron chi connectivity index (χ2n) is 5.38. The fourth-order valence-electron chi connectivity index (χ4n) is 2.96. The first-order chi connectivity index (χ1) is 9.15. The van der Waals surface area contributed by atoms with Gasteiger partial charge in [0.05, 0.1) is 11.1 Å². The summed E-state index contributed by atoms with van der Waals surface area (Å²) >= 11 is 3.29. The molecule has 0 amide bonds. The molecule has 1 aliphatic carbocycles. The lowest BCUT2D eigenvalue weighted by Gasteiger charge is -2.43. The van der Waals surface area contributed by atoms with Gasteiger partial charge in [-0.25, -0.2) is 0 Å². The van der Waals surface area contributed by atoms with Gasteiger partial charge in [-0.15, -0.1) is 0 Å². The summed E-state index contributed by atoms with van der Waals surface area (Å²) in [5.41, 5.74) is 0.951. The van der Waals surface area contributed by atoms with Gasteiger partial charge in [0.15, 0.2) is 0 Å². The van der Waals surface area contributed by atoms with Crippen LogP contribution in [0.4, 0.5) is 0 Å². The average Bonchev–Trinajstić information content (AvgIpc) is 2.71. The van der Waals surface area contributed by atoms with Crippen LogP contribution in [0.5, 0.6) is 0 Å². The Morgan fingerprint density at radius 3 is 2.58 bits per heavy atom. The van der Waals surface area contributed by atoms with Gasteiger partial charge in [0.25, 0.3) is 0 Å². The summed E-state index contributed by atoms with van der Waals surface area (Å²) in [5.74, 6) is 0. The number of allylic oxidation sites excluding steroid dienone is 1. The number of hydrogen-bond acceptors (Lipinski definition) is 6. The molecule has 4 atom stereocenters. The molecule has 4 nitrogen and oxygen atoms in total. The van der Waals surface area contributed by atoms with Gasteiger partial charge in [0, 0.05) is 21.9 Å². The van der Waals surface area contributed by atoms with Crippen molar-refractivity contribution in [2.45, 2.75) is 56.3 Å². The van der Waals surface area contributed by atoms with Crippen molar-refractivity contribution in [3.8, 4) is 0 Å². The minimum Gasteiger partial charge on any atom is -0.376 e. The zero-order chi connectivity index (χ0) is 13.4. The summed E-state index contributed by atoms with van der Waals surface area (Å²) in [6.07, 6.45) is 4.42. The lowest BCUT2D eigenvalue weighted by Crippen LogP contribution is -2.65. The maximum atomic E-state index is 10.3. The van der Waals surface area contributed by atoms with E-state index < -0.39 is 6.23 Å². The molecule has 1 saturated heterocycles. The minimum atomic E-state index is -0.497. The third kappa shape index (κ3) is 2.83. The Hall–Kier alpha value is -0.140. The molecule has 0 radical (unpaired) electrons. The van der Waals surface area contributed by atoms with E-state index in [0.717, 1.165) is 17.0 Å². The van der Waals surface area contributed by atoms with Crippen molar-refractivity contribution >= 4 is 23.7 Å². The molecule has 2 aliphatic heterocycles. The van der Waals surface area contributed by atoms with Crippen molar-refractivity contribution in [3.05, 3.63) is 22.1 Å². The van der Waals surface area contributed by atoms with Crippen LogP contribution in [0.25, 0.3) is 0 Å². The highest BCUT2D eigenvalue weighted by molar-refractivity contribution is 8.07. The van der Waals surface area contributed by atoms with E-state index in [0.29, 0.717) is 12.1 Å². The van der Waals surface area contributed by atoms with E-state index in [1.165, 1.54) is 24.2 Å². The first kappa shape index (κ1) is 13.8. The van der Waals surface area contributed by atoms with Crippen LogP contribution < -0.4 is 15.4 Å². The number of nitrogens with one attached hydrogen (secondary N) is 3. The Kier molecular flexibility index (Phi) is 4.14. The molecule has 0 aromatic rings. The Balaban J connectivity index is 1.68. The van der Waals surface area contributed by atoms with Crippen molar-refractivity contribution in [3.63, 3.8) is 0 Å². The van der Waals surface area contributed by atoms with Crippen molar-refractivity contribution in [2.75, 3.05) is 0 Å². The number of aliphatic hydroxyl groups is 1. The van der Waals surface area contributed by atoms with E-state index >= 15 is 0 Å². The second-order valence-corrected chi connectivity index (χ2v) is 7.55. The van der Waals surface area contributed by atoms with Gasteiger partial charge in [-0.05, 0) is 31.7 Å². The SMILES string of the molecule is C=C1NSC(C)=C1SC1NC2CCCCC2NC1O. The molecule has 1 saturated carbocycles.